The molecule has 13 heavy (non-hydrogen) atoms. The van der Waals surface area contributed by atoms with Crippen molar-refractivity contribution in [2.24, 2.45) is 0 Å². The van der Waals surface area contributed by atoms with E-state index in [0.29, 0.717) is 6.42 Å². The van der Waals surface area contributed by atoms with Crippen LogP contribution in [0, 0.1) is 11.3 Å². The fourth-order valence-corrected chi connectivity index (χ4v) is 2.47. The topological polar surface area (TPSA) is 57.9 Å². The maximum Gasteiger partial charge on any atom is 0.193 e. The average molecular weight is 242 g/mol. The van der Waals surface area contributed by atoms with Crippen LogP contribution in [-0.4, -0.2) is 13.7 Å². The zero-order valence-corrected chi connectivity index (χ0v) is 9.54. The third-order valence-corrected chi connectivity index (χ3v) is 5.04. The lowest BCUT2D eigenvalue weighted by atomic mass is 10.4. The van der Waals surface area contributed by atoms with E-state index in [2.05, 4.69) is 0 Å². The van der Waals surface area contributed by atoms with Crippen molar-refractivity contribution < 1.29 is 8.42 Å². The first kappa shape index (κ1) is 12.8. The van der Waals surface area contributed by atoms with Gasteiger partial charge in [-0.05, 0) is 13.3 Å². The van der Waals surface area contributed by atoms with E-state index in [1.54, 1.807) is 6.92 Å². The Labute approximate surface area is 87.9 Å². The highest BCUT2D eigenvalue weighted by atomic mass is 35.5. The molecule has 0 aromatic carbocycles. The van der Waals surface area contributed by atoms with E-state index < -0.39 is 24.5 Å². The molecule has 1 atom stereocenters. The van der Waals surface area contributed by atoms with Crippen molar-refractivity contribution in [1.82, 2.24) is 0 Å². The number of hydrogen-bond donors (Lipinski definition) is 0. The fourth-order valence-electron chi connectivity index (χ4n) is 0.565. The van der Waals surface area contributed by atoms with Gasteiger partial charge in [0.05, 0.1) is 5.25 Å². The summed E-state index contributed by atoms with van der Waals surface area (Å²) in [5.74, 6) is 0. The summed E-state index contributed by atoms with van der Waals surface area (Å²) in [4.78, 5) is 0. The van der Waals surface area contributed by atoms with Crippen LogP contribution >= 0.6 is 23.2 Å². The number of rotatable bonds is 3. The van der Waals surface area contributed by atoms with Gasteiger partial charge in [-0.3, -0.25) is 0 Å². The van der Waals surface area contributed by atoms with Gasteiger partial charge in [0.2, 0.25) is 0 Å². The zero-order chi connectivity index (χ0) is 10.6. The molecule has 0 aliphatic carbocycles. The first-order chi connectivity index (χ1) is 5.87. The molecule has 0 aliphatic rings. The predicted octanol–water partition coefficient (Wildman–Crippen LogP) is 2.37. The number of hydrogen-bond acceptors (Lipinski definition) is 3. The summed E-state index contributed by atoms with van der Waals surface area (Å²) in [6.07, 6.45) is 0.425. The van der Waals surface area contributed by atoms with Crippen molar-refractivity contribution >= 4 is 33.0 Å². The van der Waals surface area contributed by atoms with E-state index in [-0.39, 0.29) is 0 Å². The van der Waals surface area contributed by atoms with Crippen LogP contribution in [0.15, 0.2) is 9.40 Å². The summed E-state index contributed by atoms with van der Waals surface area (Å²) in [5, 5.41) is 7.23. The van der Waals surface area contributed by atoms with Crippen molar-refractivity contribution in [3.63, 3.8) is 0 Å². The monoisotopic (exact) mass is 241 g/mol. The smallest absolute Gasteiger partial charge is 0.193 e. The molecule has 0 aromatic rings. The highest BCUT2D eigenvalue weighted by Crippen LogP contribution is 2.24. The van der Waals surface area contributed by atoms with Gasteiger partial charge >= 0.3 is 0 Å². The molecule has 0 rings (SSSR count). The summed E-state index contributed by atoms with van der Waals surface area (Å²) in [6, 6.07) is 1.48. The molecule has 3 nitrogen and oxygen atoms in total. The van der Waals surface area contributed by atoms with Gasteiger partial charge in [0.15, 0.2) is 14.2 Å². The molecule has 0 saturated carbocycles. The molecule has 0 fully saturated rings. The first-order valence-corrected chi connectivity index (χ1v) is 5.87. The Balaban J connectivity index is 5.23. The van der Waals surface area contributed by atoms with Gasteiger partial charge in [-0.25, -0.2) is 8.42 Å². The second-order valence-corrected chi connectivity index (χ2v) is 5.75. The summed E-state index contributed by atoms with van der Waals surface area (Å²) < 4.78 is 22.3. The van der Waals surface area contributed by atoms with Gasteiger partial charge in [0.1, 0.15) is 11.1 Å². The quantitative estimate of drug-likeness (QED) is 0.714. The first-order valence-electron chi connectivity index (χ1n) is 3.57. The number of allylic oxidation sites excluding steroid dienone is 1. The summed E-state index contributed by atoms with van der Waals surface area (Å²) in [7, 11) is -3.61. The lowest BCUT2D eigenvalue weighted by Crippen LogP contribution is -2.16. The van der Waals surface area contributed by atoms with Crippen molar-refractivity contribution in [2.45, 2.75) is 25.5 Å². The molecular formula is C7H9Cl2NO2S. The Hall–Kier alpha value is -0.240. The number of halogens is 2. The third-order valence-electron chi connectivity index (χ3n) is 1.63. The molecule has 6 heteroatoms. The number of nitrogens with zero attached hydrogens (tertiary/aromatic N) is 1. The van der Waals surface area contributed by atoms with Gasteiger partial charge in [-0.2, -0.15) is 5.26 Å². The van der Waals surface area contributed by atoms with E-state index in [1.807, 2.05) is 0 Å². The molecule has 0 amide bonds. The van der Waals surface area contributed by atoms with E-state index >= 15 is 0 Å². The molecule has 0 aromatic heterocycles. The van der Waals surface area contributed by atoms with Crippen LogP contribution in [-0.2, 0) is 9.84 Å². The van der Waals surface area contributed by atoms with Crippen molar-refractivity contribution in [3.05, 3.63) is 9.40 Å². The molecule has 0 bridgehead atoms. The standard InChI is InChI=1S/C7H9Cl2NO2S/c1-3-5(2)13(11,12)7(9)6(8)4-10/h5H,3H2,1-2H3. The fraction of sp³-hybridized carbons (Fsp3) is 0.571. The zero-order valence-electron chi connectivity index (χ0n) is 7.21. The van der Waals surface area contributed by atoms with Crippen molar-refractivity contribution in [3.8, 4) is 6.07 Å². The minimum absolute atomic E-state index is 0.425. The Morgan fingerprint density at radius 3 is 2.31 bits per heavy atom. The van der Waals surface area contributed by atoms with Gasteiger partial charge in [0.25, 0.3) is 0 Å². The van der Waals surface area contributed by atoms with Crippen LogP contribution in [0.2, 0.25) is 0 Å². The van der Waals surface area contributed by atoms with E-state index in [9.17, 15) is 8.42 Å². The summed E-state index contributed by atoms with van der Waals surface area (Å²) in [5.41, 5.74) is 0. The van der Waals surface area contributed by atoms with Crippen molar-refractivity contribution in [1.29, 1.82) is 5.26 Å². The normalized spacial score (nSPS) is 15.9. The van der Waals surface area contributed by atoms with Crippen LogP contribution in [0.4, 0.5) is 0 Å². The maximum atomic E-state index is 11.4. The minimum atomic E-state index is -3.61. The second kappa shape index (κ2) is 4.85. The van der Waals surface area contributed by atoms with Gasteiger partial charge in [-0.1, -0.05) is 30.1 Å². The van der Waals surface area contributed by atoms with Crippen LogP contribution in [0.1, 0.15) is 20.3 Å². The molecule has 0 spiro atoms. The van der Waals surface area contributed by atoms with Gasteiger partial charge in [0, 0.05) is 0 Å². The van der Waals surface area contributed by atoms with Gasteiger partial charge in [-0.15, -0.1) is 0 Å². The predicted molar refractivity (Wildman–Crippen MR) is 53.0 cm³/mol. The summed E-state index contributed by atoms with van der Waals surface area (Å²) in [6.45, 7) is 3.23. The van der Waals surface area contributed by atoms with E-state index in [1.165, 1.54) is 13.0 Å². The molecule has 1 unspecified atom stereocenters. The molecule has 0 N–H and O–H groups in total. The Morgan fingerprint density at radius 1 is 1.54 bits per heavy atom. The second-order valence-electron chi connectivity index (χ2n) is 2.46. The number of sulfone groups is 1. The van der Waals surface area contributed by atoms with Crippen LogP contribution < -0.4 is 0 Å². The highest BCUT2D eigenvalue weighted by Gasteiger charge is 2.25. The third kappa shape index (κ3) is 2.87. The molecular weight excluding hydrogens is 233 g/mol. The largest absolute Gasteiger partial charge is 0.222 e. The van der Waals surface area contributed by atoms with Crippen LogP contribution in [0.3, 0.4) is 0 Å². The Bertz CT molecular complexity index is 353. The van der Waals surface area contributed by atoms with Crippen molar-refractivity contribution in [2.75, 3.05) is 0 Å². The van der Waals surface area contributed by atoms with Crippen LogP contribution in [0.25, 0.3) is 0 Å². The highest BCUT2D eigenvalue weighted by molar-refractivity contribution is 7.97. The van der Waals surface area contributed by atoms with E-state index in [0.717, 1.165) is 0 Å². The Morgan fingerprint density at radius 2 is 2.00 bits per heavy atom. The lowest BCUT2D eigenvalue weighted by Gasteiger charge is -2.08. The molecule has 74 valence electrons. The average Bonchev–Trinajstić information content (AvgIpc) is 2.13. The summed E-state index contributed by atoms with van der Waals surface area (Å²) >= 11 is 10.7. The molecule has 0 heterocycles. The molecule has 0 aliphatic heterocycles. The van der Waals surface area contributed by atoms with Gasteiger partial charge < -0.3 is 0 Å². The SMILES string of the molecule is CCC(C)S(=O)(=O)C(Cl)=C(Cl)C#N. The minimum Gasteiger partial charge on any atom is -0.222 e. The van der Waals surface area contributed by atoms with Crippen LogP contribution in [0.5, 0.6) is 0 Å². The number of nitriles is 1. The molecule has 0 radical (unpaired) electrons. The van der Waals surface area contributed by atoms with E-state index in [4.69, 9.17) is 28.5 Å². The lowest BCUT2D eigenvalue weighted by molar-refractivity contribution is 0.589. The Kier molecular flexibility index (Phi) is 4.76. The molecule has 0 saturated heterocycles. The maximum absolute atomic E-state index is 11.4.